The van der Waals surface area contributed by atoms with Crippen LogP contribution in [0.4, 0.5) is 0 Å². The van der Waals surface area contributed by atoms with Gasteiger partial charge in [0.25, 0.3) is 5.91 Å². The van der Waals surface area contributed by atoms with Crippen molar-refractivity contribution in [1.29, 1.82) is 0 Å². The number of rotatable bonds is 7. The Balaban J connectivity index is 1.56. The molecular formula is C22H22N2O5. The molecule has 3 aromatic rings. The Morgan fingerprint density at radius 2 is 1.52 bits per heavy atom. The standard InChI is InChI=1S/C22H22N2O5/c1-15-8-9-16(2)24(15)23-22(26)17-10-12-18(13-11-17)29-21(25)14-28-20-7-5-4-6-19(20)27-3/h4-13H,14H2,1-3H3,(H,23,26). The molecule has 0 bridgehead atoms. The van der Waals surface area contributed by atoms with Gasteiger partial charge in [0.05, 0.1) is 7.11 Å². The van der Waals surface area contributed by atoms with Crippen LogP contribution in [0.1, 0.15) is 21.7 Å². The molecule has 7 nitrogen and oxygen atoms in total. The average Bonchev–Trinajstić information content (AvgIpc) is 3.05. The molecule has 1 amide bonds. The molecule has 0 saturated carbocycles. The highest BCUT2D eigenvalue weighted by Gasteiger charge is 2.11. The van der Waals surface area contributed by atoms with E-state index in [0.29, 0.717) is 22.8 Å². The van der Waals surface area contributed by atoms with Gasteiger partial charge in [-0.1, -0.05) is 12.1 Å². The number of aromatic nitrogens is 1. The van der Waals surface area contributed by atoms with Crippen molar-refractivity contribution in [3.8, 4) is 17.2 Å². The second-order valence-corrected chi connectivity index (χ2v) is 6.33. The second kappa shape index (κ2) is 8.97. The number of nitrogens with one attached hydrogen (secondary N) is 1. The average molecular weight is 394 g/mol. The zero-order valence-electron chi connectivity index (χ0n) is 16.5. The molecule has 1 heterocycles. The summed E-state index contributed by atoms with van der Waals surface area (Å²) < 4.78 is 17.6. The van der Waals surface area contributed by atoms with Crippen molar-refractivity contribution in [3.63, 3.8) is 0 Å². The van der Waals surface area contributed by atoms with Crippen LogP contribution >= 0.6 is 0 Å². The summed E-state index contributed by atoms with van der Waals surface area (Å²) >= 11 is 0. The van der Waals surface area contributed by atoms with Crippen LogP contribution in [0, 0.1) is 13.8 Å². The summed E-state index contributed by atoms with van der Waals surface area (Å²) in [4.78, 5) is 24.4. The molecule has 1 N–H and O–H groups in total. The van der Waals surface area contributed by atoms with E-state index in [1.165, 1.54) is 7.11 Å². The summed E-state index contributed by atoms with van der Waals surface area (Å²) in [6, 6.07) is 17.2. The van der Waals surface area contributed by atoms with Gasteiger partial charge in [-0.15, -0.1) is 0 Å². The second-order valence-electron chi connectivity index (χ2n) is 6.33. The van der Waals surface area contributed by atoms with Crippen molar-refractivity contribution in [2.75, 3.05) is 19.1 Å². The van der Waals surface area contributed by atoms with E-state index < -0.39 is 5.97 Å². The molecule has 150 valence electrons. The van der Waals surface area contributed by atoms with E-state index in [4.69, 9.17) is 14.2 Å². The van der Waals surface area contributed by atoms with Crippen LogP contribution in [-0.4, -0.2) is 30.3 Å². The van der Waals surface area contributed by atoms with Crippen LogP contribution in [-0.2, 0) is 4.79 Å². The van der Waals surface area contributed by atoms with Gasteiger partial charge in [-0.3, -0.25) is 14.9 Å². The summed E-state index contributed by atoms with van der Waals surface area (Å²) in [5, 5.41) is 0. The SMILES string of the molecule is COc1ccccc1OCC(=O)Oc1ccc(C(=O)Nn2c(C)ccc2C)cc1. The fourth-order valence-electron chi connectivity index (χ4n) is 2.72. The first kappa shape index (κ1) is 20.0. The van der Waals surface area contributed by atoms with Gasteiger partial charge in [0.1, 0.15) is 5.75 Å². The first-order chi connectivity index (χ1) is 14.0. The van der Waals surface area contributed by atoms with E-state index >= 15 is 0 Å². The fourth-order valence-corrected chi connectivity index (χ4v) is 2.72. The molecule has 0 spiro atoms. The number of carbonyl (C=O) groups is 2. The van der Waals surface area contributed by atoms with Crippen LogP contribution in [0.5, 0.6) is 17.2 Å². The lowest BCUT2D eigenvalue weighted by Crippen LogP contribution is -2.24. The Hall–Kier alpha value is -3.74. The van der Waals surface area contributed by atoms with Crippen LogP contribution in [0.25, 0.3) is 0 Å². The lowest BCUT2D eigenvalue weighted by atomic mass is 10.2. The minimum absolute atomic E-state index is 0.259. The molecule has 2 aromatic carbocycles. The topological polar surface area (TPSA) is 78.8 Å². The molecule has 7 heteroatoms. The molecule has 0 aliphatic carbocycles. The minimum atomic E-state index is -0.563. The van der Waals surface area contributed by atoms with E-state index in [-0.39, 0.29) is 12.5 Å². The normalized spacial score (nSPS) is 10.3. The Labute approximate surface area is 168 Å². The first-order valence-corrected chi connectivity index (χ1v) is 9.01. The number of hydrogen-bond acceptors (Lipinski definition) is 5. The van der Waals surface area contributed by atoms with Crippen LogP contribution in [0.3, 0.4) is 0 Å². The molecule has 29 heavy (non-hydrogen) atoms. The van der Waals surface area contributed by atoms with E-state index in [2.05, 4.69) is 5.43 Å². The Morgan fingerprint density at radius 1 is 0.897 bits per heavy atom. The summed E-state index contributed by atoms with van der Waals surface area (Å²) in [7, 11) is 1.52. The van der Waals surface area contributed by atoms with Crippen molar-refractivity contribution in [2.24, 2.45) is 0 Å². The van der Waals surface area contributed by atoms with Crippen molar-refractivity contribution in [2.45, 2.75) is 13.8 Å². The van der Waals surface area contributed by atoms with E-state index in [9.17, 15) is 9.59 Å². The lowest BCUT2D eigenvalue weighted by molar-refractivity contribution is -0.136. The predicted octanol–water partition coefficient (Wildman–Crippen LogP) is 3.48. The number of amides is 1. The molecule has 0 unspecified atom stereocenters. The van der Waals surface area contributed by atoms with E-state index in [1.807, 2.05) is 26.0 Å². The third-order valence-corrected chi connectivity index (χ3v) is 4.25. The largest absolute Gasteiger partial charge is 0.493 e. The number of ether oxygens (including phenoxy) is 3. The van der Waals surface area contributed by atoms with Crippen molar-refractivity contribution >= 4 is 11.9 Å². The summed E-state index contributed by atoms with van der Waals surface area (Å²) in [6.07, 6.45) is 0. The fraction of sp³-hybridized carbons (Fsp3) is 0.182. The van der Waals surface area contributed by atoms with Gasteiger partial charge >= 0.3 is 5.97 Å². The third kappa shape index (κ3) is 4.95. The van der Waals surface area contributed by atoms with Crippen LogP contribution in [0.2, 0.25) is 0 Å². The van der Waals surface area contributed by atoms with Gasteiger partial charge in [0.15, 0.2) is 18.1 Å². The Morgan fingerprint density at radius 3 is 2.14 bits per heavy atom. The Kier molecular flexibility index (Phi) is 6.19. The first-order valence-electron chi connectivity index (χ1n) is 9.01. The highest BCUT2D eigenvalue weighted by Crippen LogP contribution is 2.25. The van der Waals surface area contributed by atoms with Gasteiger partial charge in [-0.2, -0.15) is 0 Å². The van der Waals surface area contributed by atoms with Crippen LogP contribution in [0.15, 0.2) is 60.7 Å². The molecular weight excluding hydrogens is 372 g/mol. The van der Waals surface area contributed by atoms with Gasteiger partial charge in [0.2, 0.25) is 0 Å². The van der Waals surface area contributed by atoms with E-state index in [1.54, 1.807) is 53.2 Å². The van der Waals surface area contributed by atoms with Crippen molar-refractivity contribution in [3.05, 3.63) is 77.6 Å². The highest BCUT2D eigenvalue weighted by atomic mass is 16.6. The molecule has 0 saturated heterocycles. The monoisotopic (exact) mass is 394 g/mol. The molecule has 0 radical (unpaired) electrons. The molecule has 0 fully saturated rings. The number of benzene rings is 2. The van der Waals surface area contributed by atoms with Crippen LogP contribution < -0.4 is 19.6 Å². The molecule has 3 rings (SSSR count). The molecule has 0 aliphatic rings. The third-order valence-electron chi connectivity index (χ3n) is 4.25. The lowest BCUT2D eigenvalue weighted by Gasteiger charge is -2.12. The quantitative estimate of drug-likeness (QED) is 0.490. The number of aryl methyl sites for hydroxylation is 2. The highest BCUT2D eigenvalue weighted by molar-refractivity contribution is 6.00. The van der Waals surface area contributed by atoms with Gasteiger partial charge in [-0.25, -0.2) is 4.79 Å². The smallest absolute Gasteiger partial charge is 0.349 e. The van der Waals surface area contributed by atoms with Gasteiger partial charge < -0.3 is 14.2 Å². The molecule has 1 aromatic heterocycles. The minimum Gasteiger partial charge on any atom is -0.493 e. The predicted molar refractivity (Wildman–Crippen MR) is 108 cm³/mol. The summed E-state index contributed by atoms with van der Waals surface area (Å²) in [5.41, 5.74) is 5.12. The molecule has 0 atom stereocenters. The van der Waals surface area contributed by atoms with Gasteiger partial charge in [-0.05, 0) is 62.4 Å². The number of esters is 1. The Bertz CT molecular complexity index is 989. The maximum atomic E-state index is 12.4. The number of methoxy groups -OCH3 is 1. The maximum Gasteiger partial charge on any atom is 0.349 e. The number of para-hydroxylation sites is 2. The number of hydrogen-bond donors (Lipinski definition) is 1. The zero-order chi connectivity index (χ0) is 20.8. The van der Waals surface area contributed by atoms with Crippen molar-refractivity contribution < 1.29 is 23.8 Å². The number of nitrogens with zero attached hydrogens (tertiary/aromatic N) is 1. The maximum absolute atomic E-state index is 12.4. The van der Waals surface area contributed by atoms with E-state index in [0.717, 1.165) is 11.4 Å². The molecule has 0 aliphatic heterocycles. The van der Waals surface area contributed by atoms with Crippen molar-refractivity contribution in [1.82, 2.24) is 4.68 Å². The summed E-state index contributed by atoms with van der Waals surface area (Å²) in [6.45, 7) is 3.54. The summed E-state index contributed by atoms with van der Waals surface area (Å²) in [5.74, 6) is 0.485. The number of carbonyl (C=O) groups excluding carboxylic acids is 2. The zero-order valence-corrected chi connectivity index (χ0v) is 16.5. The van der Waals surface area contributed by atoms with Gasteiger partial charge in [0, 0.05) is 17.0 Å².